The van der Waals surface area contributed by atoms with E-state index in [1.165, 1.54) is 12.0 Å². The SMILES string of the molecule is O[C@@H]1[C@H]2[C@H]3C[C@@H](CN(Cc4ccccc4)C3)[C@H]2C[C@H]1O. The fourth-order valence-electron chi connectivity index (χ4n) is 5.06. The average Bonchev–Trinajstić information content (AvgIpc) is 2.88. The van der Waals surface area contributed by atoms with E-state index in [0.717, 1.165) is 26.1 Å². The predicted molar refractivity (Wildman–Crippen MR) is 76.9 cm³/mol. The van der Waals surface area contributed by atoms with Gasteiger partial charge in [-0.05, 0) is 42.1 Å². The number of hydrogen-bond donors (Lipinski definition) is 2. The molecule has 1 saturated heterocycles. The van der Waals surface area contributed by atoms with Crippen LogP contribution in [0.3, 0.4) is 0 Å². The molecule has 1 aromatic carbocycles. The largest absolute Gasteiger partial charge is 0.390 e. The van der Waals surface area contributed by atoms with Gasteiger partial charge in [-0.15, -0.1) is 0 Å². The summed E-state index contributed by atoms with van der Waals surface area (Å²) in [4.78, 5) is 2.55. The smallest absolute Gasteiger partial charge is 0.0833 e. The molecule has 0 unspecified atom stereocenters. The normalized spacial score (nSPS) is 43.7. The number of aliphatic hydroxyl groups excluding tert-OH is 2. The van der Waals surface area contributed by atoms with E-state index in [-0.39, 0.29) is 0 Å². The maximum Gasteiger partial charge on any atom is 0.0833 e. The van der Waals surface area contributed by atoms with Crippen LogP contribution in [-0.4, -0.2) is 40.4 Å². The van der Waals surface area contributed by atoms with Crippen molar-refractivity contribution in [1.29, 1.82) is 0 Å². The Bertz CT molecular complexity index is 477. The monoisotopic (exact) mass is 273 g/mol. The lowest BCUT2D eigenvalue weighted by Gasteiger charge is -2.34. The number of benzene rings is 1. The van der Waals surface area contributed by atoms with Crippen LogP contribution in [0.25, 0.3) is 0 Å². The molecular weight excluding hydrogens is 250 g/mol. The molecule has 0 radical (unpaired) electrons. The lowest BCUT2D eigenvalue weighted by atomic mass is 9.90. The summed E-state index contributed by atoms with van der Waals surface area (Å²) in [5.74, 6) is 2.14. The first kappa shape index (κ1) is 12.8. The van der Waals surface area contributed by atoms with Gasteiger partial charge in [0.25, 0.3) is 0 Å². The van der Waals surface area contributed by atoms with Gasteiger partial charge in [0, 0.05) is 19.6 Å². The summed E-state index contributed by atoms with van der Waals surface area (Å²) in [6, 6.07) is 10.6. The molecule has 1 heterocycles. The Hall–Kier alpha value is -0.900. The van der Waals surface area contributed by atoms with Crippen LogP contribution in [0.2, 0.25) is 0 Å². The molecule has 1 aromatic rings. The van der Waals surface area contributed by atoms with Gasteiger partial charge < -0.3 is 10.2 Å². The molecular formula is C17H23NO2. The van der Waals surface area contributed by atoms with Crippen molar-refractivity contribution in [2.45, 2.75) is 31.6 Å². The predicted octanol–water partition coefficient (Wildman–Crippen LogP) is 1.50. The molecule has 3 aliphatic rings. The number of likely N-dealkylation sites (tertiary alicyclic amines) is 1. The molecule has 20 heavy (non-hydrogen) atoms. The molecule has 2 N–H and O–H groups in total. The van der Waals surface area contributed by atoms with Crippen LogP contribution < -0.4 is 0 Å². The second-order valence-corrected chi connectivity index (χ2v) is 6.97. The molecule has 108 valence electrons. The van der Waals surface area contributed by atoms with Crippen LogP contribution in [0.1, 0.15) is 18.4 Å². The number of piperidine rings is 1. The molecule has 2 bridgehead atoms. The van der Waals surface area contributed by atoms with Crippen LogP contribution in [0, 0.1) is 23.7 Å². The van der Waals surface area contributed by atoms with Crippen LogP contribution in [0.4, 0.5) is 0 Å². The zero-order valence-electron chi connectivity index (χ0n) is 11.7. The third-order valence-electron chi connectivity index (χ3n) is 5.79. The van der Waals surface area contributed by atoms with E-state index in [9.17, 15) is 10.2 Å². The highest BCUT2D eigenvalue weighted by molar-refractivity contribution is 5.15. The first-order valence-electron chi connectivity index (χ1n) is 7.85. The van der Waals surface area contributed by atoms with Crippen LogP contribution in [0.15, 0.2) is 30.3 Å². The number of nitrogens with zero attached hydrogens (tertiary/aromatic N) is 1. The fourth-order valence-corrected chi connectivity index (χ4v) is 5.06. The van der Waals surface area contributed by atoms with Gasteiger partial charge in [-0.1, -0.05) is 30.3 Å². The van der Waals surface area contributed by atoms with E-state index < -0.39 is 12.2 Å². The Kier molecular flexibility index (Phi) is 3.09. The molecule has 4 rings (SSSR count). The maximum atomic E-state index is 10.2. The highest BCUT2D eigenvalue weighted by atomic mass is 16.3. The summed E-state index contributed by atoms with van der Waals surface area (Å²) in [5.41, 5.74) is 1.37. The highest BCUT2D eigenvalue weighted by Gasteiger charge is 2.55. The third kappa shape index (κ3) is 2.00. The van der Waals surface area contributed by atoms with E-state index in [2.05, 4.69) is 35.2 Å². The van der Waals surface area contributed by atoms with Crippen molar-refractivity contribution in [3.8, 4) is 0 Å². The Morgan fingerprint density at radius 2 is 1.75 bits per heavy atom. The quantitative estimate of drug-likeness (QED) is 0.858. The molecule has 1 aliphatic heterocycles. The average molecular weight is 273 g/mol. The highest BCUT2D eigenvalue weighted by Crippen LogP contribution is 2.53. The van der Waals surface area contributed by atoms with Crippen molar-refractivity contribution in [3.63, 3.8) is 0 Å². The Labute approximate surface area is 120 Å². The summed E-state index contributed by atoms with van der Waals surface area (Å²) < 4.78 is 0. The van der Waals surface area contributed by atoms with Gasteiger partial charge in [-0.2, -0.15) is 0 Å². The van der Waals surface area contributed by atoms with Crippen LogP contribution in [-0.2, 0) is 6.54 Å². The molecule has 2 saturated carbocycles. The van der Waals surface area contributed by atoms with Crippen molar-refractivity contribution >= 4 is 0 Å². The minimum absolute atomic E-state index is 0.343. The standard InChI is InChI=1S/C17H23NO2/c19-15-7-14-12-6-13(16(14)17(15)20)10-18(9-12)8-11-4-2-1-3-5-11/h1-5,12-17,19-20H,6-10H2/t12-,13-,14+,15+,16-,17-/m0/s1. The lowest BCUT2D eigenvalue weighted by Crippen LogP contribution is -2.39. The summed E-state index contributed by atoms with van der Waals surface area (Å²) in [6.45, 7) is 3.23. The van der Waals surface area contributed by atoms with Crippen molar-refractivity contribution in [3.05, 3.63) is 35.9 Å². The van der Waals surface area contributed by atoms with Gasteiger partial charge in [0.1, 0.15) is 0 Å². The Morgan fingerprint density at radius 1 is 1.00 bits per heavy atom. The molecule has 2 aliphatic carbocycles. The molecule has 3 nitrogen and oxygen atoms in total. The zero-order chi connectivity index (χ0) is 13.7. The molecule has 0 aromatic heterocycles. The van der Waals surface area contributed by atoms with Crippen molar-refractivity contribution in [1.82, 2.24) is 4.90 Å². The Balaban J connectivity index is 1.48. The fraction of sp³-hybridized carbons (Fsp3) is 0.647. The number of aliphatic hydroxyl groups is 2. The van der Waals surface area contributed by atoms with Crippen molar-refractivity contribution < 1.29 is 10.2 Å². The van der Waals surface area contributed by atoms with Crippen molar-refractivity contribution in [2.24, 2.45) is 23.7 Å². The minimum Gasteiger partial charge on any atom is -0.390 e. The zero-order valence-corrected chi connectivity index (χ0v) is 11.7. The number of rotatable bonds is 2. The minimum atomic E-state index is -0.480. The number of fused-ring (bicyclic) bond motifs is 5. The van der Waals surface area contributed by atoms with Gasteiger partial charge in [-0.3, -0.25) is 4.90 Å². The van der Waals surface area contributed by atoms with Gasteiger partial charge in [0.05, 0.1) is 12.2 Å². The molecule has 0 spiro atoms. The molecule has 3 heteroatoms. The molecule has 0 amide bonds. The van der Waals surface area contributed by atoms with Crippen LogP contribution in [0.5, 0.6) is 0 Å². The summed E-state index contributed by atoms with van der Waals surface area (Å²) in [7, 11) is 0. The van der Waals surface area contributed by atoms with Gasteiger partial charge in [-0.25, -0.2) is 0 Å². The molecule has 3 fully saturated rings. The van der Waals surface area contributed by atoms with Gasteiger partial charge in [0.15, 0.2) is 0 Å². The van der Waals surface area contributed by atoms with Gasteiger partial charge in [0.2, 0.25) is 0 Å². The van der Waals surface area contributed by atoms with E-state index in [0.29, 0.717) is 23.7 Å². The second kappa shape index (κ2) is 4.83. The summed E-state index contributed by atoms with van der Waals surface area (Å²) in [6.07, 6.45) is 1.11. The Morgan fingerprint density at radius 3 is 2.55 bits per heavy atom. The first-order valence-corrected chi connectivity index (χ1v) is 7.85. The molecule has 6 atom stereocenters. The summed E-state index contributed by atoms with van der Waals surface area (Å²) in [5, 5.41) is 20.1. The summed E-state index contributed by atoms with van der Waals surface area (Å²) >= 11 is 0. The van der Waals surface area contributed by atoms with E-state index in [1.807, 2.05) is 0 Å². The van der Waals surface area contributed by atoms with E-state index in [4.69, 9.17) is 0 Å². The van der Waals surface area contributed by atoms with E-state index in [1.54, 1.807) is 0 Å². The topological polar surface area (TPSA) is 43.7 Å². The second-order valence-electron chi connectivity index (χ2n) is 6.97. The first-order chi connectivity index (χ1) is 9.72. The van der Waals surface area contributed by atoms with Crippen molar-refractivity contribution in [2.75, 3.05) is 13.1 Å². The van der Waals surface area contributed by atoms with Crippen LogP contribution >= 0.6 is 0 Å². The third-order valence-corrected chi connectivity index (χ3v) is 5.79. The lowest BCUT2D eigenvalue weighted by molar-refractivity contribution is 0.000575. The van der Waals surface area contributed by atoms with E-state index >= 15 is 0 Å². The maximum absolute atomic E-state index is 10.2. The van der Waals surface area contributed by atoms with Gasteiger partial charge >= 0.3 is 0 Å². The number of hydrogen-bond acceptors (Lipinski definition) is 3.